The number of carbonyl (C=O) groups is 1. The second kappa shape index (κ2) is 7.23. The van der Waals surface area contributed by atoms with Crippen molar-refractivity contribution in [3.8, 4) is 0 Å². The Morgan fingerprint density at radius 3 is 2.93 bits per heavy atom. The average molecular weight is 405 g/mol. The highest BCUT2D eigenvalue weighted by Gasteiger charge is 2.43. The third-order valence-corrected chi connectivity index (χ3v) is 5.95. The summed E-state index contributed by atoms with van der Waals surface area (Å²) in [6, 6.07) is 12.3. The highest BCUT2D eigenvalue weighted by atomic mass is 19.1. The van der Waals surface area contributed by atoms with Crippen molar-refractivity contribution in [3.63, 3.8) is 0 Å². The quantitative estimate of drug-likeness (QED) is 0.498. The summed E-state index contributed by atoms with van der Waals surface area (Å²) in [7, 11) is 0. The summed E-state index contributed by atoms with van der Waals surface area (Å²) in [6.45, 7) is 4.88. The number of hydrogen-bond donors (Lipinski definition) is 2. The lowest BCUT2D eigenvalue weighted by molar-refractivity contribution is -0.122. The van der Waals surface area contributed by atoms with Gasteiger partial charge in [0.15, 0.2) is 0 Å². The fourth-order valence-corrected chi connectivity index (χ4v) is 4.31. The molecule has 3 atom stereocenters. The lowest BCUT2D eigenvalue weighted by Crippen LogP contribution is -2.27. The van der Waals surface area contributed by atoms with E-state index in [1.807, 2.05) is 25.1 Å². The van der Waals surface area contributed by atoms with Gasteiger partial charge in [-0.1, -0.05) is 12.1 Å². The number of aromatic nitrogens is 4. The Bertz CT molecular complexity index is 1240. The van der Waals surface area contributed by atoms with Crippen LogP contribution >= 0.6 is 0 Å². The van der Waals surface area contributed by atoms with Crippen LogP contribution in [-0.4, -0.2) is 25.4 Å². The number of para-hydroxylation sites is 2. The van der Waals surface area contributed by atoms with Crippen molar-refractivity contribution in [1.29, 1.82) is 0 Å². The van der Waals surface area contributed by atoms with Crippen LogP contribution in [0.3, 0.4) is 0 Å². The van der Waals surface area contributed by atoms with Gasteiger partial charge in [-0.15, -0.1) is 0 Å². The topological polar surface area (TPSA) is 75.6 Å². The minimum absolute atomic E-state index is 0.000737. The van der Waals surface area contributed by atoms with E-state index in [-0.39, 0.29) is 17.8 Å². The number of hydrogen-bond acceptors (Lipinski definition) is 3. The molecule has 0 aliphatic heterocycles. The Morgan fingerprint density at radius 2 is 2.10 bits per heavy atom. The van der Waals surface area contributed by atoms with E-state index in [1.165, 1.54) is 12.1 Å². The van der Waals surface area contributed by atoms with Crippen LogP contribution in [0.4, 0.5) is 4.39 Å². The summed E-state index contributed by atoms with van der Waals surface area (Å²) in [6.07, 6.45) is 1.45. The van der Waals surface area contributed by atoms with Crippen molar-refractivity contribution < 1.29 is 9.18 Å². The molecule has 1 aliphatic carbocycles. The third-order valence-electron chi connectivity index (χ3n) is 5.95. The number of nitrogens with zero attached hydrogens (tertiary/aromatic N) is 3. The number of nitrogens with one attached hydrogen (secondary N) is 2. The molecule has 0 saturated heterocycles. The Morgan fingerprint density at radius 1 is 1.27 bits per heavy atom. The van der Waals surface area contributed by atoms with Gasteiger partial charge in [-0.3, -0.25) is 4.79 Å². The summed E-state index contributed by atoms with van der Waals surface area (Å²) in [4.78, 5) is 25.0. The fourth-order valence-electron chi connectivity index (χ4n) is 4.31. The van der Waals surface area contributed by atoms with E-state index in [9.17, 15) is 9.18 Å². The van der Waals surface area contributed by atoms with Crippen LogP contribution in [0.2, 0.25) is 0 Å². The Kier molecular flexibility index (Phi) is 4.53. The van der Waals surface area contributed by atoms with E-state index in [0.717, 1.165) is 29.8 Å². The summed E-state index contributed by atoms with van der Waals surface area (Å²) in [5.41, 5.74) is 3.49. The van der Waals surface area contributed by atoms with Gasteiger partial charge in [-0.25, -0.2) is 14.4 Å². The van der Waals surface area contributed by atoms with E-state index in [0.29, 0.717) is 35.1 Å². The average Bonchev–Trinajstić information content (AvgIpc) is 3.19. The Balaban J connectivity index is 1.24. The van der Waals surface area contributed by atoms with E-state index in [1.54, 1.807) is 6.07 Å². The van der Waals surface area contributed by atoms with Crippen LogP contribution in [0.25, 0.3) is 22.1 Å². The number of H-pyrrole nitrogens is 1. The number of fused-ring (bicyclic) bond motifs is 2. The van der Waals surface area contributed by atoms with Gasteiger partial charge in [-0.05, 0) is 56.5 Å². The first-order valence-corrected chi connectivity index (χ1v) is 10.4. The molecule has 0 bridgehead atoms. The van der Waals surface area contributed by atoms with Crippen LogP contribution in [0.1, 0.15) is 50.3 Å². The molecular formula is C23H24FN5O. The molecular weight excluding hydrogens is 381 g/mol. The first-order valence-electron chi connectivity index (χ1n) is 10.4. The van der Waals surface area contributed by atoms with Crippen molar-refractivity contribution in [2.24, 2.45) is 5.92 Å². The second-order valence-electron chi connectivity index (χ2n) is 8.08. The highest BCUT2D eigenvalue weighted by Crippen LogP contribution is 2.49. The predicted molar refractivity (Wildman–Crippen MR) is 113 cm³/mol. The number of rotatable bonds is 6. The van der Waals surface area contributed by atoms with Crippen LogP contribution in [0, 0.1) is 11.7 Å². The minimum Gasteiger partial charge on any atom is -0.346 e. The van der Waals surface area contributed by atoms with Crippen molar-refractivity contribution >= 4 is 28.0 Å². The van der Waals surface area contributed by atoms with Gasteiger partial charge >= 0.3 is 0 Å². The third kappa shape index (κ3) is 3.34. The van der Waals surface area contributed by atoms with Gasteiger partial charge in [0.25, 0.3) is 0 Å². The highest BCUT2D eigenvalue weighted by molar-refractivity contribution is 5.79. The number of imidazole rings is 2. The number of aromatic amines is 1. The molecule has 4 aromatic rings. The summed E-state index contributed by atoms with van der Waals surface area (Å²) in [5.74, 6) is 2.04. The molecule has 5 rings (SSSR count). The standard InChI is InChI=1S/C23H24FN5O/c1-3-29-20-7-5-4-6-18(20)28-23(29)16-10-14(16)11-21(30)25-13(2)22-26-17-9-8-15(24)12-19(17)27-22/h4-9,12-14,16H,3,10-11H2,1-2H3,(H,25,30)(H,26,27)/t13?,14-,16-/m0/s1. The molecule has 30 heavy (non-hydrogen) atoms. The van der Waals surface area contributed by atoms with Gasteiger partial charge < -0.3 is 14.9 Å². The molecule has 0 radical (unpaired) electrons. The largest absolute Gasteiger partial charge is 0.346 e. The van der Waals surface area contributed by atoms with Gasteiger partial charge in [0, 0.05) is 18.9 Å². The van der Waals surface area contributed by atoms with Crippen LogP contribution in [0.5, 0.6) is 0 Å². The lowest BCUT2D eigenvalue weighted by atomic mass is 10.2. The van der Waals surface area contributed by atoms with Gasteiger partial charge in [0.1, 0.15) is 17.5 Å². The monoisotopic (exact) mass is 405 g/mol. The van der Waals surface area contributed by atoms with Gasteiger partial charge in [-0.2, -0.15) is 0 Å². The lowest BCUT2D eigenvalue weighted by Gasteiger charge is -2.11. The number of halogens is 1. The molecule has 2 aromatic carbocycles. The Labute approximate surface area is 173 Å². The van der Waals surface area contributed by atoms with Gasteiger partial charge in [0.05, 0.1) is 28.1 Å². The van der Waals surface area contributed by atoms with Crippen LogP contribution in [-0.2, 0) is 11.3 Å². The molecule has 1 amide bonds. The molecule has 6 nitrogen and oxygen atoms in total. The van der Waals surface area contributed by atoms with Crippen molar-refractivity contribution in [2.75, 3.05) is 0 Å². The number of benzene rings is 2. The molecule has 1 saturated carbocycles. The van der Waals surface area contributed by atoms with Gasteiger partial charge in [0.2, 0.25) is 5.91 Å². The van der Waals surface area contributed by atoms with E-state index in [2.05, 4.69) is 32.8 Å². The van der Waals surface area contributed by atoms with Crippen molar-refractivity contribution in [3.05, 3.63) is 59.9 Å². The molecule has 2 heterocycles. The maximum absolute atomic E-state index is 13.4. The van der Waals surface area contributed by atoms with E-state index < -0.39 is 0 Å². The molecule has 7 heteroatoms. The summed E-state index contributed by atoms with van der Waals surface area (Å²) < 4.78 is 15.6. The molecule has 2 N–H and O–H groups in total. The summed E-state index contributed by atoms with van der Waals surface area (Å²) >= 11 is 0. The molecule has 154 valence electrons. The van der Waals surface area contributed by atoms with Crippen molar-refractivity contribution in [2.45, 2.75) is 45.2 Å². The maximum Gasteiger partial charge on any atom is 0.220 e. The smallest absolute Gasteiger partial charge is 0.220 e. The fraction of sp³-hybridized carbons (Fsp3) is 0.348. The zero-order valence-electron chi connectivity index (χ0n) is 17.0. The number of aryl methyl sites for hydroxylation is 1. The SMILES string of the molecule is CCn1c([C@H]2C[C@H]2CC(=O)NC(C)c2nc3ccc(F)cc3[nH]2)nc2ccccc21. The first-order chi connectivity index (χ1) is 14.5. The molecule has 0 spiro atoms. The van der Waals surface area contributed by atoms with Crippen LogP contribution < -0.4 is 5.32 Å². The molecule has 1 aliphatic rings. The van der Waals surface area contributed by atoms with E-state index >= 15 is 0 Å². The summed E-state index contributed by atoms with van der Waals surface area (Å²) in [5, 5.41) is 3.02. The Hall–Kier alpha value is -3.22. The zero-order valence-corrected chi connectivity index (χ0v) is 17.0. The normalized spacial score (nSPS) is 19.3. The maximum atomic E-state index is 13.4. The first kappa shape index (κ1) is 18.8. The predicted octanol–water partition coefficient (Wildman–Crippen LogP) is 4.44. The zero-order chi connectivity index (χ0) is 20.8. The molecule has 2 aromatic heterocycles. The molecule has 1 fully saturated rings. The molecule has 1 unspecified atom stereocenters. The van der Waals surface area contributed by atoms with Crippen LogP contribution in [0.15, 0.2) is 42.5 Å². The number of carbonyl (C=O) groups excluding carboxylic acids is 1. The number of amides is 1. The van der Waals surface area contributed by atoms with Crippen molar-refractivity contribution in [1.82, 2.24) is 24.8 Å². The van der Waals surface area contributed by atoms with E-state index in [4.69, 9.17) is 4.98 Å². The second-order valence-corrected chi connectivity index (χ2v) is 8.08. The minimum atomic E-state index is -0.313.